The van der Waals surface area contributed by atoms with Gasteiger partial charge >= 0.3 is 0 Å². The zero-order chi connectivity index (χ0) is 13.3. The highest BCUT2D eigenvalue weighted by Crippen LogP contribution is 2.21. The summed E-state index contributed by atoms with van der Waals surface area (Å²) in [6.07, 6.45) is 0. The van der Waals surface area contributed by atoms with Gasteiger partial charge in [-0.2, -0.15) is 5.10 Å². The van der Waals surface area contributed by atoms with E-state index in [0.29, 0.717) is 11.5 Å². The molecule has 2 aromatic rings. The van der Waals surface area contributed by atoms with Crippen LogP contribution in [-0.2, 0) is 0 Å². The highest BCUT2D eigenvalue weighted by atomic mass is 16.6. The summed E-state index contributed by atoms with van der Waals surface area (Å²) in [6, 6.07) is 7.94. The summed E-state index contributed by atoms with van der Waals surface area (Å²) >= 11 is 0. The number of non-ortho nitro benzene ring substituents is 1. The summed E-state index contributed by atoms with van der Waals surface area (Å²) < 4.78 is 1.58. The van der Waals surface area contributed by atoms with E-state index in [2.05, 4.69) is 5.10 Å². The molecule has 1 heterocycles. The van der Waals surface area contributed by atoms with Gasteiger partial charge in [-0.1, -0.05) is 13.8 Å². The third kappa shape index (κ3) is 2.17. The van der Waals surface area contributed by atoms with Crippen LogP contribution in [0.1, 0.15) is 25.5 Å². The van der Waals surface area contributed by atoms with Crippen LogP contribution in [0.4, 0.5) is 11.5 Å². The molecule has 0 atom stereocenters. The first-order chi connectivity index (χ1) is 8.49. The molecule has 6 heteroatoms. The van der Waals surface area contributed by atoms with E-state index in [4.69, 9.17) is 5.73 Å². The third-order valence-corrected chi connectivity index (χ3v) is 2.65. The van der Waals surface area contributed by atoms with Crippen molar-refractivity contribution in [1.29, 1.82) is 0 Å². The predicted molar refractivity (Wildman–Crippen MR) is 68.7 cm³/mol. The van der Waals surface area contributed by atoms with Gasteiger partial charge in [-0.3, -0.25) is 10.1 Å². The van der Waals surface area contributed by atoms with Gasteiger partial charge in [0.25, 0.3) is 5.69 Å². The lowest BCUT2D eigenvalue weighted by Gasteiger charge is -2.03. The molecule has 1 aromatic heterocycles. The van der Waals surface area contributed by atoms with Gasteiger partial charge in [0.05, 0.1) is 16.3 Å². The van der Waals surface area contributed by atoms with Crippen molar-refractivity contribution in [3.05, 3.63) is 46.1 Å². The first kappa shape index (κ1) is 12.1. The Hall–Kier alpha value is -2.37. The van der Waals surface area contributed by atoms with Crippen LogP contribution >= 0.6 is 0 Å². The summed E-state index contributed by atoms with van der Waals surface area (Å²) in [6.45, 7) is 4.06. The number of aromatic nitrogens is 2. The van der Waals surface area contributed by atoms with Crippen molar-refractivity contribution in [3.8, 4) is 5.69 Å². The summed E-state index contributed by atoms with van der Waals surface area (Å²) in [5, 5.41) is 14.9. The molecule has 0 unspecified atom stereocenters. The van der Waals surface area contributed by atoms with Crippen molar-refractivity contribution in [2.75, 3.05) is 5.73 Å². The monoisotopic (exact) mass is 246 g/mol. The van der Waals surface area contributed by atoms with Crippen LogP contribution in [0, 0.1) is 10.1 Å². The number of nitro groups is 1. The van der Waals surface area contributed by atoms with Gasteiger partial charge in [-0.15, -0.1) is 0 Å². The van der Waals surface area contributed by atoms with Gasteiger partial charge < -0.3 is 5.73 Å². The SMILES string of the molecule is CC(C)c1cc(N)n(-c2ccc([N+](=O)[O-])cc2)n1. The van der Waals surface area contributed by atoms with E-state index in [-0.39, 0.29) is 11.6 Å². The molecular weight excluding hydrogens is 232 g/mol. The molecule has 2 rings (SSSR count). The number of nitrogens with zero attached hydrogens (tertiary/aromatic N) is 3. The Morgan fingerprint density at radius 2 is 1.94 bits per heavy atom. The summed E-state index contributed by atoms with van der Waals surface area (Å²) in [5.41, 5.74) is 7.53. The minimum absolute atomic E-state index is 0.0496. The van der Waals surface area contributed by atoms with E-state index >= 15 is 0 Å². The second-order valence-electron chi connectivity index (χ2n) is 4.33. The van der Waals surface area contributed by atoms with Crippen molar-refractivity contribution in [3.63, 3.8) is 0 Å². The number of nitrogen functional groups attached to an aromatic ring is 1. The van der Waals surface area contributed by atoms with Crippen LogP contribution < -0.4 is 5.73 Å². The van der Waals surface area contributed by atoms with Gasteiger partial charge in [0.2, 0.25) is 0 Å². The average molecular weight is 246 g/mol. The molecule has 0 bridgehead atoms. The lowest BCUT2D eigenvalue weighted by Crippen LogP contribution is -2.02. The number of hydrogen-bond donors (Lipinski definition) is 1. The molecule has 18 heavy (non-hydrogen) atoms. The van der Waals surface area contributed by atoms with Gasteiger partial charge in [0.15, 0.2) is 0 Å². The van der Waals surface area contributed by atoms with Crippen molar-refractivity contribution in [2.45, 2.75) is 19.8 Å². The molecule has 0 aliphatic rings. The van der Waals surface area contributed by atoms with Crippen molar-refractivity contribution >= 4 is 11.5 Å². The second kappa shape index (κ2) is 4.48. The van der Waals surface area contributed by atoms with Crippen LogP contribution in [0.15, 0.2) is 30.3 Å². The minimum Gasteiger partial charge on any atom is -0.384 e. The Morgan fingerprint density at radius 1 is 1.33 bits per heavy atom. The largest absolute Gasteiger partial charge is 0.384 e. The van der Waals surface area contributed by atoms with Gasteiger partial charge in [-0.05, 0) is 18.1 Å². The Balaban J connectivity index is 2.39. The number of hydrogen-bond acceptors (Lipinski definition) is 4. The molecule has 0 saturated carbocycles. The number of anilines is 1. The van der Waals surface area contributed by atoms with E-state index in [0.717, 1.165) is 5.69 Å². The molecule has 2 N–H and O–H groups in total. The minimum atomic E-state index is -0.435. The van der Waals surface area contributed by atoms with E-state index in [9.17, 15) is 10.1 Å². The smallest absolute Gasteiger partial charge is 0.269 e. The first-order valence-corrected chi connectivity index (χ1v) is 5.59. The number of benzene rings is 1. The fraction of sp³-hybridized carbons (Fsp3) is 0.250. The molecule has 0 amide bonds. The van der Waals surface area contributed by atoms with Crippen molar-refractivity contribution < 1.29 is 4.92 Å². The maximum absolute atomic E-state index is 10.6. The first-order valence-electron chi connectivity index (χ1n) is 5.59. The normalized spacial score (nSPS) is 10.8. The highest BCUT2D eigenvalue weighted by molar-refractivity contribution is 5.46. The number of nitrogens with two attached hydrogens (primary N) is 1. The van der Waals surface area contributed by atoms with Gasteiger partial charge in [0.1, 0.15) is 5.82 Å². The van der Waals surface area contributed by atoms with Crippen molar-refractivity contribution in [1.82, 2.24) is 9.78 Å². The Morgan fingerprint density at radius 3 is 2.39 bits per heavy atom. The molecule has 0 saturated heterocycles. The average Bonchev–Trinajstić information content (AvgIpc) is 2.71. The van der Waals surface area contributed by atoms with Gasteiger partial charge in [-0.25, -0.2) is 4.68 Å². The topological polar surface area (TPSA) is 87.0 Å². The Labute approximate surface area is 104 Å². The molecule has 0 aliphatic heterocycles. The molecule has 0 spiro atoms. The second-order valence-corrected chi connectivity index (χ2v) is 4.33. The third-order valence-electron chi connectivity index (χ3n) is 2.65. The van der Waals surface area contributed by atoms with E-state index < -0.39 is 4.92 Å². The number of nitro benzene ring substituents is 1. The molecule has 1 aromatic carbocycles. The Bertz CT molecular complexity index is 572. The molecular formula is C12H14N4O2. The lowest BCUT2D eigenvalue weighted by atomic mass is 10.1. The zero-order valence-corrected chi connectivity index (χ0v) is 10.2. The fourth-order valence-corrected chi connectivity index (χ4v) is 1.62. The molecule has 94 valence electrons. The molecule has 0 aliphatic carbocycles. The maximum atomic E-state index is 10.6. The quantitative estimate of drug-likeness (QED) is 0.665. The predicted octanol–water partition coefficient (Wildman–Crippen LogP) is 2.49. The van der Waals surface area contributed by atoms with E-state index in [1.165, 1.54) is 12.1 Å². The summed E-state index contributed by atoms with van der Waals surface area (Å²) in [7, 11) is 0. The molecule has 6 nitrogen and oxygen atoms in total. The Kier molecular flexibility index (Phi) is 3.01. The maximum Gasteiger partial charge on any atom is 0.269 e. The molecule has 0 fully saturated rings. The van der Waals surface area contributed by atoms with Crippen LogP contribution in [0.5, 0.6) is 0 Å². The zero-order valence-electron chi connectivity index (χ0n) is 10.2. The van der Waals surface area contributed by atoms with Crippen LogP contribution in [0.25, 0.3) is 5.69 Å². The number of rotatable bonds is 3. The summed E-state index contributed by atoms with van der Waals surface area (Å²) in [4.78, 5) is 10.1. The fourth-order valence-electron chi connectivity index (χ4n) is 1.62. The molecule has 0 radical (unpaired) electrons. The summed E-state index contributed by atoms with van der Waals surface area (Å²) in [5.74, 6) is 0.805. The van der Waals surface area contributed by atoms with Gasteiger partial charge in [0, 0.05) is 18.2 Å². The van der Waals surface area contributed by atoms with Crippen LogP contribution in [-0.4, -0.2) is 14.7 Å². The van der Waals surface area contributed by atoms with E-state index in [1.807, 2.05) is 19.9 Å². The van der Waals surface area contributed by atoms with E-state index in [1.54, 1.807) is 16.8 Å². The lowest BCUT2D eigenvalue weighted by molar-refractivity contribution is -0.384. The van der Waals surface area contributed by atoms with Crippen LogP contribution in [0.2, 0.25) is 0 Å². The highest BCUT2D eigenvalue weighted by Gasteiger charge is 2.11. The van der Waals surface area contributed by atoms with Crippen molar-refractivity contribution in [2.24, 2.45) is 0 Å². The standard InChI is InChI=1S/C12H14N4O2/c1-8(2)11-7-12(13)15(14-11)9-3-5-10(6-4-9)16(17)18/h3-8H,13H2,1-2H3. The van der Waals surface area contributed by atoms with Crippen LogP contribution in [0.3, 0.4) is 0 Å².